The second-order valence-electron chi connectivity index (χ2n) is 4.91. The first-order valence-electron chi connectivity index (χ1n) is 7.26. The molecule has 2 aromatic rings. The zero-order valence-electron chi connectivity index (χ0n) is 12.7. The number of anilines is 3. The van der Waals surface area contributed by atoms with E-state index in [0.717, 1.165) is 47.8 Å². The third-order valence-electron chi connectivity index (χ3n) is 3.29. The summed E-state index contributed by atoms with van der Waals surface area (Å²) in [7, 11) is 0. The van der Waals surface area contributed by atoms with Crippen molar-refractivity contribution in [1.82, 2.24) is 9.97 Å². The van der Waals surface area contributed by atoms with Crippen LogP contribution in [0.4, 0.5) is 21.7 Å². The predicted molar refractivity (Wildman–Crippen MR) is 84.6 cm³/mol. The minimum Gasteiger partial charge on any atom is -0.370 e. The van der Waals surface area contributed by atoms with E-state index < -0.39 is 0 Å². The fraction of sp³-hybridized carbons (Fsp3) is 0.375. The molecule has 0 aliphatic rings. The number of rotatable bonds is 6. The molecule has 1 aromatic heterocycles. The third-order valence-corrected chi connectivity index (χ3v) is 3.29. The molecule has 112 valence electrons. The quantitative estimate of drug-likeness (QED) is 0.842. The summed E-state index contributed by atoms with van der Waals surface area (Å²) in [6.07, 6.45) is 3.34. The molecule has 0 fully saturated rings. The van der Waals surface area contributed by atoms with Gasteiger partial charge >= 0.3 is 0 Å². The van der Waals surface area contributed by atoms with Gasteiger partial charge in [0.05, 0.1) is 0 Å². The van der Waals surface area contributed by atoms with Gasteiger partial charge in [-0.2, -0.15) is 0 Å². The van der Waals surface area contributed by atoms with Crippen LogP contribution in [-0.2, 0) is 6.42 Å². The van der Waals surface area contributed by atoms with Gasteiger partial charge in [-0.25, -0.2) is 14.4 Å². The molecule has 0 radical (unpaired) electrons. The lowest BCUT2D eigenvalue weighted by molar-refractivity contribution is 0.628. The summed E-state index contributed by atoms with van der Waals surface area (Å²) in [5, 5.41) is 6.52. The van der Waals surface area contributed by atoms with Crippen molar-refractivity contribution in [2.24, 2.45) is 0 Å². The van der Waals surface area contributed by atoms with Gasteiger partial charge in [-0.1, -0.05) is 19.9 Å². The first-order chi connectivity index (χ1) is 10.2. The van der Waals surface area contributed by atoms with Gasteiger partial charge in [-0.3, -0.25) is 0 Å². The van der Waals surface area contributed by atoms with Crippen molar-refractivity contribution in [1.29, 1.82) is 0 Å². The average molecular weight is 288 g/mol. The van der Waals surface area contributed by atoms with Gasteiger partial charge in [0.25, 0.3) is 0 Å². The van der Waals surface area contributed by atoms with Crippen LogP contribution in [0.15, 0.2) is 24.5 Å². The van der Waals surface area contributed by atoms with Gasteiger partial charge < -0.3 is 10.6 Å². The molecule has 0 aliphatic heterocycles. The molecule has 1 aromatic carbocycles. The van der Waals surface area contributed by atoms with Gasteiger partial charge in [0.2, 0.25) is 0 Å². The molecule has 2 N–H and O–H groups in total. The van der Waals surface area contributed by atoms with E-state index in [2.05, 4.69) is 34.4 Å². The molecule has 2 rings (SSSR count). The van der Waals surface area contributed by atoms with Crippen LogP contribution in [-0.4, -0.2) is 16.5 Å². The standard InChI is InChI=1S/C16H21FN4/c1-4-8-18-15-13(5-2)16(20-10-19-15)21-14-9-12(17)7-6-11(14)3/h6-7,9-10H,4-5,8H2,1-3H3,(H2,18,19,20,21). The van der Waals surface area contributed by atoms with Gasteiger partial charge in [0.1, 0.15) is 23.8 Å². The molecule has 5 heteroatoms. The number of aryl methyl sites for hydroxylation is 1. The van der Waals surface area contributed by atoms with Gasteiger partial charge in [0, 0.05) is 17.8 Å². The second kappa shape index (κ2) is 7.02. The van der Waals surface area contributed by atoms with E-state index in [1.54, 1.807) is 6.07 Å². The van der Waals surface area contributed by atoms with E-state index in [4.69, 9.17) is 0 Å². The van der Waals surface area contributed by atoms with Crippen LogP contribution >= 0.6 is 0 Å². The Balaban J connectivity index is 2.33. The van der Waals surface area contributed by atoms with Crippen molar-refractivity contribution in [3.05, 3.63) is 41.5 Å². The van der Waals surface area contributed by atoms with Crippen LogP contribution in [0.2, 0.25) is 0 Å². The summed E-state index contributed by atoms with van der Waals surface area (Å²) in [5.41, 5.74) is 2.71. The molecule has 21 heavy (non-hydrogen) atoms. The number of nitrogens with one attached hydrogen (secondary N) is 2. The topological polar surface area (TPSA) is 49.8 Å². The summed E-state index contributed by atoms with van der Waals surface area (Å²) in [6, 6.07) is 4.69. The van der Waals surface area contributed by atoms with Crippen LogP contribution in [0, 0.1) is 12.7 Å². The number of benzene rings is 1. The van der Waals surface area contributed by atoms with Crippen molar-refractivity contribution < 1.29 is 4.39 Å². The number of hydrogen-bond donors (Lipinski definition) is 2. The van der Waals surface area contributed by atoms with E-state index in [9.17, 15) is 4.39 Å². The molecule has 1 heterocycles. The Kier molecular flexibility index (Phi) is 5.09. The maximum atomic E-state index is 13.4. The van der Waals surface area contributed by atoms with Crippen LogP contribution < -0.4 is 10.6 Å². The molecule has 0 unspecified atom stereocenters. The number of nitrogens with zero attached hydrogens (tertiary/aromatic N) is 2. The van der Waals surface area contributed by atoms with Crippen molar-refractivity contribution in [2.75, 3.05) is 17.2 Å². The zero-order valence-corrected chi connectivity index (χ0v) is 12.7. The van der Waals surface area contributed by atoms with E-state index >= 15 is 0 Å². The van der Waals surface area contributed by atoms with E-state index in [1.165, 1.54) is 18.5 Å². The number of aromatic nitrogens is 2. The lowest BCUT2D eigenvalue weighted by atomic mass is 10.1. The average Bonchev–Trinajstić information content (AvgIpc) is 2.49. The maximum Gasteiger partial charge on any atom is 0.139 e. The van der Waals surface area contributed by atoms with E-state index in [0.29, 0.717) is 0 Å². The third kappa shape index (κ3) is 3.68. The van der Waals surface area contributed by atoms with Crippen LogP contribution in [0.1, 0.15) is 31.4 Å². The molecule has 0 amide bonds. The summed E-state index contributed by atoms with van der Waals surface area (Å²) >= 11 is 0. The minimum absolute atomic E-state index is 0.264. The Hall–Kier alpha value is -2.17. The highest BCUT2D eigenvalue weighted by atomic mass is 19.1. The summed E-state index contributed by atoms with van der Waals surface area (Å²) < 4.78 is 13.4. The molecule has 0 bridgehead atoms. The minimum atomic E-state index is -0.264. The highest BCUT2D eigenvalue weighted by Crippen LogP contribution is 2.26. The van der Waals surface area contributed by atoms with Crippen LogP contribution in [0.25, 0.3) is 0 Å². The normalized spacial score (nSPS) is 10.5. The first-order valence-corrected chi connectivity index (χ1v) is 7.26. The Labute approximate surface area is 124 Å². The van der Waals surface area contributed by atoms with Crippen LogP contribution in [0.3, 0.4) is 0 Å². The smallest absolute Gasteiger partial charge is 0.139 e. The molecular formula is C16H21FN4. The highest BCUT2D eigenvalue weighted by molar-refractivity contribution is 5.66. The molecule has 0 saturated heterocycles. The first kappa shape index (κ1) is 15.2. The molecule has 0 saturated carbocycles. The molecule has 0 atom stereocenters. The van der Waals surface area contributed by atoms with E-state index in [-0.39, 0.29) is 5.82 Å². The van der Waals surface area contributed by atoms with Crippen molar-refractivity contribution in [2.45, 2.75) is 33.6 Å². The summed E-state index contributed by atoms with van der Waals surface area (Å²) in [4.78, 5) is 8.59. The van der Waals surface area contributed by atoms with Crippen molar-refractivity contribution in [3.63, 3.8) is 0 Å². The molecule has 0 aliphatic carbocycles. The highest BCUT2D eigenvalue weighted by Gasteiger charge is 2.11. The zero-order chi connectivity index (χ0) is 15.2. The maximum absolute atomic E-state index is 13.4. The lowest BCUT2D eigenvalue weighted by Gasteiger charge is -2.15. The fourth-order valence-electron chi connectivity index (χ4n) is 2.11. The summed E-state index contributed by atoms with van der Waals surface area (Å²) in [5.74, 6) is 1.30. The fourth-order valence-corrected chi connectivity index (χ4v) is 2.11. The SMILES string of the molecule is CCCNc1ncnc(Nc2cc(F)ccc2C)c1CC. The van der Waals surface area contributed by atoms with Crippen LogP contribution in [0.5, 0.6) is 0 Å². The van der Waals surface area contributed by atoms with Gasteiger partial charge in [-0.05, 0) is 37.5 Å². The summed E-state index contributed by atoms with van der Waals surface area (Å²) in [6.45, 7) is 6.96. The predicted octanol–water partition coefficient (Wildman–Crippen LogP) is 4.05. The number of hydrogen-bond acceptors (Lipinski definition) is 4. The van der Waals surface area contributed by atoms with E-state index in [1.807, 2.05) is 6.92 Å². The Bertz CT molecular complexity index is 613. The molecule has 4 nitrogen and oxygen atoms in total. The second-order valence-corrected chi connectivity index (χ2v) is 4.91. The van der Waals surface area contributed by atoms with Crippen molar-refractivity contribution >= 4 is 17.3 Å². The Morgan fingerprint density at radius 2 is 1.90 bits per heavy atom. The number of halogens is 1. The Morgan fingerprint density at radius 1 is 1.14 bits per heavy atom. The Morgan fingerprint density at radius 3 is 2.62 bits per heavy atom. The molecule has 0 spiro atoms. The van der Waals surface area contributed by atoms with Crippen molar-refractivity contribution in [3.8, 4) is 0 Å². The van der Waals surface area contributed by atoms with Gasteiger partial charge in [-0.15, -0.1) is 0 Å². The molecular weight excluding hydrogens is 267 g/mol. The monoisotopic (exact) mass is 288 g/mol. The van der Waals surface area contributed by atoms with Gasteiger partial charge in [0.15, 0.2) is 0 Å². The lowest BCUT2D eigenvalue weighted by Crippen LogP contribution is -2.09. The largest absolute Gasteiger partial charge is 0.370 e.